The highest BCUT2D eigenvalue weighted by atomic mass is 15.4. The average molecular weight is 350 g/mol. The SMILES string of the molecule is CN(Cc1ncccn1)C1CN(c2ccc3nnc(C4CCC4)n3n2)C1. The maximum absolute atomic E-state index is 4.81. The van der Waals surface area contributed by atoms with Crippen LogP contribution in [0, 0.1) is 0 Å². The van der Waals surface area contributed by atoms with Crippen LogP contribution >= 0.6 is 0 Å². The summed E-state index contributed by atoms with van der Waals surface area (Å²) in [6.45, 7) is 2.69. The van der Waals surface area contributed by atoms with Crippen molar-refractivity contribution in [1.29, 1.82) is 0 Å². The summed E-state index contributed by atoms with van der Waals surface area (Å²) in [5.74, 6) is 3.40. The van der Waals surface area contributed by atoms with E-state index in [4.69, 9.17) is 5.10 Å². The van der Waals surface area contributed by atoms with Crippen molar-refractivity contribution >= 4 is 11.5 Å². The van der Waals surface area contributed by atoms with E-state index in [1.807, 2.05) is 22.7 Å². The van der Waals surface area contributed by atoms with Gasteiger partial charge in [-0.05, 0) is 38.1 Å². The molecule has 8 nitrogen and oxygen atoms in total. The Bertz CT molecular complexity index is 898. The van der Waals surface area contributed by atoms with Gasteiger partial charge in [0.1, 0.15) is 11.6 Å². The molecule has 2 aliphatic rings. The first-order valence-electron chi connectivity index (χ1n) is 9.21. The Hall–Kier alpha value is -2.61. The van der Waals surface area contributed by atoms with Crippen molar-refractivity contribution < 1.29 is 0 Å². The van der Waals surface area contributed by atoms with Crippen LogP contribution in [-0.4, -0.2) is 60.9 Å². The first-order valence-corrected chi connectivity index (χ1v) is 9.21. The van der Waals surface area contributed by atoms with Gasteiger partial charge in [0.05, 0.1) is 6.54 Å². The maximum atomic E-state index is 4.81. The van der Waals surface area contributed by atoms with Crippen molar-refractivity contribution in [2.24, 2.45) is 0 Å². The molecular weight excluding hydrogens is 328 g/mol. The van der Waals surface area contributed by atoms with Crippen LogP contribution in [0.15, 0.2) is 30.6 Å². The lowest BCUT2D eigenvalue weighted by Crippen LogP contribution is -2.58. The lowest BCUT2D eigenvalue weighted by molar-refractivity contribution is 0.192. The highest BCUT2D eigenvalue weighted by molar-refractivity contribution is 5.48. The predicted molar refractivity (Wildman–Crippen MR) is 96.9 cm³/mol. The third-order valence-corrected chi connectivity index (χ3v) is 5.56. The second-order valence-electron chi connectivity index (χ2n) is 7.29. The molecule has 0 unspecified atom stereocenters. The van der Waals surface area contributed by atoms with Gasteiger partial charge in [0.25, 0.3) is 0 Å². The summed E-state index contributed by atoms with van der Waals surface area (Å²) in [5.41, 5.74) is 0.839. The highest BCUT2D eigenvalue weighted by Gasteiger charge is 2.32. The van der Waals surface area contributed by atoms with E-state index in [0.29, 0.717) is 12.0 Å². The molecular formula is C18H22N8. The predicted octanol–water partition coefficient (Wildman–Crippen LogP) is 1.50. The first kappa shape index (κ1) is 15.6. The van der Waals surface area contributed by atoms with Crippen LogP contribution in [0.25, 0.3) is 5.65 Å². The molecule has 2 fully saturated rings. The van der Waals surface area contributed by atoms with Crippen LogP contribution in [-0.2, 0) is 6.54 Å². The molecule has 134 valence electrons. The molecule has 3 aromatic heterocycles. The van der Waals surface area contributed by atoms with Crippen molar-refractivity contribution in [3.05, 3.63) is 42.2 Å². The Kier molecular flexibility index (Phi) is 3.77. The summed E-state index contributed by atoms with van der Waals surface area (Å²) in [6.07, 6.45) is 7.27. The summed E-state index contributed by atoms with van der Waals surface area (Å²) >= 11 is 0. The topological polar surface area (TPSA) is 75.3 Å². The van der Waals surface area contributed by atoms with Crippen molar-refractivity contribution in [2.75, 3.05) is 25.0 Å². The first-order chi connectivity index (χ1) is 12.8. The summed E-state index contributed by atoms with van der Waals surface area (Å²) in [6, 6.07) is 6.40. The Balaban J connectivity index is 1.27. The van der Waals surface area contributed by atoms with E-state index < -0.39 is 0 Å². The van der Waals surface area contributed by atoms with Gasteiger partial charge < -0.3 is 4.90 Å². The van der Waals surface area contributed by atoms with Gasteiger partial charge in [-0.3, -0.25) is 4.90 Å². The number of anilines is 1. The molecule has 0 amide bonds. The Labute approximate surface area is 151 Å². The lowest BCUT2D eigenvalue weighted by Gasteiger charge is -2.44. The number of rotatable bonds is 5. The fourth-order valence-electron chi connectivity index (χ4n) is 3.57. The minimum Gasteiger partial charge on any atom is -0.352 e. The van der Waals surface area contributed by atoms with Crippen LogP contribution in [0.3, 0.4) is 0 Å². The van der Waals surface area contributed by atoms with Crippen molar-refractivity contribution in [2.45, 2.75) is 37.8 Å². The minimum atomic E-state index is 0.489. The average Bonchev–Trinajstić information content (AvgIpc) is 2.96. The fourth-order valence-corrected chi connectivity index (χ4v) is 3.57. The maximum Gasteiger partial charge on any atom is 0.178 e. The van der Waals surface area contributed by atoms with Gasteiger partial charge in [-0.15, -0.1) is 15.3 Å². The van der Waals surface area contributed by atoms with Crippen LogP contribution in [0.1, 0.15) is 36.8 Å². The molecule has 0 N–H and O–H groups in total. The second-order valence-corrected chi connectivity index (χ2v) is 7.29. The van der Waals surface area contributed by atoms with E-state index in [9.17, 15) is 0 Å². The zero-order valence-electron chi connectivity index (χ0n) is 14.9. The summed E-state index contributed by atoms with van der Waals surface area (Å²) in [4.78, 5) is 13.2. The normalized spacial score (nSPS) is 18.3. The highest BCUT2D eigenvalue weighted by Crippen LogP contribution is 2.35. The van der Waals surface area contributed by atoms with Crippen LogP contribution in [0.5, 0.6) is 0 Å². The van der Waals surface area contributed by atoms with Crippen LogP contribution < -0.4 is 4.90 Å². The second kappa shape index (κ2) is 6.28. The molecule has 0 aromatic carbocycles. The van der Waals surface area contributed by atoms with Crippen molar-refractivity contribution in [3.8, 4) is 0 Å². The molecule has 4 heterocycles. The molecule has 5 rings (SSSR count). The number of fused-ring (bicyclic) bond motifs is 1. The third-order valence-electron chi connectivity index (χ3n) is 5.56. The quantitative estimate of drug-likeness (QED) is 0.690. The van der Waals surface area contributed by atoms with Gasteiger partial charge in [-0.2, -0.15) is 4.52 Å². The minimum absolute atomic E-state index is 0.489. The molecule has 0 spiro atoms. The van der Waals surface area contributed by atoms with Crippen LogP contribution in [0.4, 0.5) is 5.82 Å². The molecule has 3 aromatic rings. The molecule has 0 radical (unpaired) electrons. The Morgan fingerprint density at radius 1 is 1.12 bits per heavy atom. The third kappa shape index (κ3) is 2.70. The lowest BCUT2D eigenvalue weighted by atomic mass is 9.85. The van der Waals surface area contributed by atoms with Gasteiger partial charge in [0.2, 0.25) is 0 Å². The van der Waals surface area contributed by atoms with Gasteiger partial charge in [-0.25, -0.2) is 9.97 Å². The van der Waals surface area contributed by atoms with E-state index in [1.165, 1.54) is 19.3 Å². The number of nitrogens with zero attached hydrogens (tertiary/aromatic N) is 8. The van der Waals surface area contributed by atoms with E-state index >= 15 is 0 Å². The standard InChI is InChI=1S/C18H22N8/c1-24(12-15-19-8-3-9-20-15)14-10-25(11-14)17-7-6-16-21-22-18(26(16)23-17)13-4-2-5-13/h3,6-9,13-14H,2,4-5,10-12H2,1H3. The molecule has 0 bridgehead atoms. The Morgan fingerprint density at radius 3 is 2.65 bits per heavy atom. The smallest absolute Gasteiger partial charge is 0.178 e. The van der Waals surface area contributed by atoms with Gasteiger partial charge in [-0.1, -0.05) is 6.42 Å². The number of hydrogen-bond acceptors (Lipinski definition) is 7. The van der Waals surface area contributed by atoms with E-state index in [2.05, 4.69) is 37.0 Å². The van der Waals surface area contributed by atoms with Gasteiger partial charge in [0, 0.05) is 37.4 Å². The zero-order chi connectivity index (χ0) is 17.5. The summed E-state index contributed by atoms with van der Waals surface area (Å²) < 4.78 is 1.94. The van der Waals surface area contributed by atoms with Crippen LogP contribution in [0.2, 0.25) is 0 Å². The van der Waals surface area contributed by atoms with E-state index in [-0.39, 0.29) is 0 Å². The number of hydrogen-bond donors (Lipinski definition) is 0. The molecule has 1 saturated carbocycles. The summed E-state index contributed by atoms with van der Waals surface area (Å²) in [7, 11) is 2.13. The molecule has 0 atom stereocenters. The van der Waals surface area contributed by atoms with Crippen molar-refractivity contribution in [1.82, 2.24) is 34.7 Å². The Morgan fingerprint density at radius 2 is 1.92 bits per heavy atom. The number of aromatic nitrogens is 6. The molecule has 26 heavy (non-hydrogen) atoms. The molecule has 8 heteroatoms. The van der Waals surface area contributed by atoms with E-state index in [1.54, 1.807) is 12.4 Å². The molecule has 1 aliphatic carbocycles. The van der Waals surface area contributed by atoms with Crippen molar-refractivity contribution in [3.63, 3.8) is 0 Å². The largest absolute Gasteiger partial charge is 0.352 e. The fraction of sp³-hybridized carbons (Fsp3) is 0.500. The monoisotopic (exact) mass is 350 g/mol. The number of likely N-dealkylation sites (N-methyl/N-ethyl adjacent to an activating group) is 1. The van der Waals surface area contributed by atoms with Gasteiger partial charge >= 0.3 is 0 Å². The summed E-state index contributed by atoms with van der Waals surface area (Å²) in [5, 5.41) is 13.4. The molecule has 1 aliphatic heterocycles. The van der Waals surface area contributed by atoms with E-state index in [0.717, 1.165) is 42.7 Å². The molecule has 1 saturated heterocycles. The zero-order valence-corrected chi connectivity index (χ0v) is 14.9. The van der Waals surface area contributed by atoms with Gasteiger partial charge in [0.15, 0.2) is 11.5 Å².